The molecule has 1 atom stereocenters. The molecule has 30 heavy (non-hydrogen) atoms. The molecule has 1 amide bonds. The maximum atomic E-state index is 13.9. The molecule has 0 aliphatic rings. The molecule has 160 valence electrons. The number of anilines is 1. The first-order chi connectivity index (χ1) is 14.0. The Balaban J connectivity index is 1.63. The van der Waals surface area contributed by atoms with E-state index in [1.807, 2.05) is 0 Å². The lowest BCUT2D eigenvalue weighted by Gasteiger charge is -2.12. The number of hydrogen-bond acceptors (Lipinski definition) is 4. The SMILES string of the molecule is Cc1cc(C(F)(F)F)nn1CC(C)C(=O)Nc1ncn(Cc2c(F)cccc2Cl)n1. The van der Waals surface area contributed by atoms with Crippen LogP contribution in [0.1, 0.15) is 23.9 Å². The molecule has 3 aromatic rings. The molecule has 0 saturated heterocycles. The van der Waals surface area contributed by atoms with Gasteiger partial charge in [-0.3, -0.25) is 14.8 Å². The van der Waals surface area contributed by atoms with E-state index >= 15 is 0 Å². The van der Waals surface area contributed by atoms with E-state index < -0.39 is 29.5 Å². The zero-order valence-corrected chi connectivity index (χ0v) is 16.7. The van der Waals surface area contributed by atoms with E-state index in [4.69, 9.17) is 11.6 Å². The van der Waals surface area contributed by atoms with Crippen molar-refractivity contribution in [1.29, 1.82) is 0 Å². The molecular formula is C18H17ClF4N6O. The number of aromatic nitrogens is 5. The highest BCUT2D eigenvalue weighted by Gasteiger charge is 2.34. The first kappa shape index (κ1) is 21.8. The molecule has 0 aliphatic heterocycles. The standard InChI is InChI=1S/C18H17ClF4N6O/c1-10(7-29-11(2)6-15(26-29)18(21,22)23)16(30)25-17-24-9-28(27-17)8-12-13(19)4-3-5-14(12)20/h3-6,9-10H,7-8H2,1-2H3,(H,25,27,30). The van der Waals surface area contributed by atoms with Crippen LogP contribution in [0.4, 0.5) is 23.5 Å². The average molecular weight is 445 g/mol. The number of hydrogen-bond donors (Lipinski definition) is 1. The molecule has 0 bridgehead atoms. The van der Waals surface area contributed by atoms with Crippen molar-refractivity contribution < 1.29 is 22.4 Å². The quantitative estimate of drug-likeness (QED) is 0.585. The van der Waals surface area contributed by atoms with Gasteiger partial charge in [0.05, 0.1) is 19.0 Å². The second-order valence-corrected chi connectivity index (χ2v) is 7.11. The van der Waals surface area contributed by atoms with Gasteiger partial charge in [-0.2, -0.15) is 18.3 Å². The van der Waals surface area contributed by atoms with Gasteiger partial charge in [0.1, 0.15) is 12.1 Å². The summed E-state index contributed by atoms with van der Waals surface area (Å²) < 4.78 is 54.6. The number of amides is 1. The van der Waals surface area contributed by atoms with E-state index in [1.165, 1.54) is 30.1 Å². The minimum atomic E-state index is -4.56. The average Bonchev–Trinajstić information content (AvgIpc) is 3.25. The Morgan fingerprint density at radius 2 is 2.03 bits per heavy atom. The molecule has 0 aliphatic carbocycles. The highest BCUT2D eigenvalue weighted by Crippen LogP contribution is 2.28. The van der Waals surface area contributed by atoms with Crippen LogP contribution in [-0.4, -0.2) is 30.5 Å². The van der Waals surface area contributed by atoms with E-state index in [1.54, 1.807) is 13.0 Å². The molecule has 0 fully saturated rings. The fourth-order valence-corrected chi connectivity index (χ4v) is 2.91. The minimum Gasteiger partial charge on any atom is -0.293 e. The first-order valence-electron chi connectivity index (χ1n) is 8.79. The van der Waals surface area contributed by atoms with Crippen molar-refractivity contribution in [1.82, 2.24) is 24.5 Å². The summed E-state index contributed by atoms with van der Waals surface area (Å²) in [7, 11) is 0. The number of halogens is 5. The van der Waals surface area contributed by atoms with Gasteiger partial charge in [0.15, 0.2) is 5.69 Å². The predicted molar refractivity (Wildman–Crippen MR) is 100 cm³/mol. The zero-order valence-electron chi connectivity index (χ0n) is 15.9. The fourth-order valence-electron chi connectivity index (χ4n) is 2.68. The molecule has 0 saturated carbocycles. The van der Waals surface area contributed by atoms with Crippen LogP contribution in [-0.2, 0) is 24.1 Å². The van der Waals surface area contributed by atoms with Crippen molar-refractivity contribution in [3.05, 3.63) is 58.4 Å². The molecule has 0 spiro atoms. The third-order valence-electron chi connectivity index (χ3n) is 4.32. The molecule has 2 heterocycles. The van der Waals surface area contributed by atoms with Crippen molar-refractivity contribution in [2.45, 2.75) is 33.1 Å². The summed E-state index contributed by atoms with van der Waals surface area (Å²) in [6, 6.07) is 5.21. The van der Waals surface area contributed by atoms with Crippen LogP contribution in [0.5, 0.6) is 0 Å². The summed E-state index contributed by atoms with van der Waals surface area (Å²) in [5.74, 6) is -1.73. The number of aryl methyl sites for hydroxylation is 1. The number of rotatable bonds is 6. The molecule has 3 rings (SSSR count). The summed E-state index contributed by atoms with van der Waals surface area (Å²) >= 11 is 5.98. The molecule has 2 aromatic heterocycles. The van der Waals surface area contributed by atoms with Crippen molar-refractivity contribution in [2.75, 3.05) is 5.32 Å². The number of nitrogens with one attached hydrogen (secondary N) is 1. The van der Waals surface area contributed by atoms with Gasteiger partial charge in [-0.15, -0.1) is 5.10 Å². The molecule has 12 heteroatoms. The van der Waals surface area contributed by atoms with Crippen LogP contribution < -0.4 is 5.32 Å². The Bertz CT molecular complexity index is 1040. The maximum Gasteiger partial charge on any atom is 0.435 e. The first-order valence-corrected chi connectivity index (χ1v) is 9.17. The number of carbonyl (C=O) groups is 1. The summed E-state index contributed by atoms with van der Waals surface area (Å²) in [6.45, 7) is 2.97. The summed E-state index contributed by atoms with van der Waals surface area (Å²) in [4.78, 5) is 16.3. The van der Waals surface area contributed by atoms with E-state index in [0.29, 0.717) is 0 Å². The normalized spacial score (nSPS) is 12.8. The van der Waals surface area contributed by atoms with Crippen molar-refractivity contribution in [3.63, 3.8) is 0 Å². The topological polar surface area (TPSA) is 77.6 Å². The van der Waals surface area contributed by atoms with Crippen LogP contribution in [0.25, 0.3) is 0 Å². The van der Waals surface area contributed by atoms with Gasteiger partial charge in [-0.05, 0) is 25.1 Å². The monoisotopic (exact) mass is 444 g/mol. The number of alkyl halides is 3. The van der Waals surface area contributed by atoms with E-state index in [9.17, 15) is 22.4 Å². The van der Waals surface area contributed by atoms with Gasteiger partial charge < -0.3 is 0 Å². The Morgan fingerprint density at radius 1 is 1.30 bits per heavy atom. The van der Waals surface area contributed by atoms with Gasteiger partial charge >= 0.3 is 6.18 Å². The largest absolute Gasteiger partial charge is 0.435 e. The van der Waals surface area contributed by atoms with E-state index in [2.05, 4.69) is 20.5 Å². The second-order valence-electron chi connectivity index (χ2n) is 6.71. The van der Waals surface area contributed by atoms with Crippen molar-refractivity contribution in [2.24, 2.45) is 5.92 Å². The highest BCUT2D eigenvalue weighted by atomic mass is 35.5. The lowest BCUT2D eigenvalue weighted by atomic mass is 10.1. The van der Waals surface area contributed by atoms with Crippen LogP contribution in [0.15, 0.2) is 30.6 Å². The fraction of sp³-hybridized carbons (Fsp3) is 0.333. The van der Waals surface area contributed by atoms with E-state index in [0.717, 1.165) is 10.7 Å². The summed E-state index contributed by atoms with van der Waals surface area (Å²) in [5, 5.41) is 10.3. The van der Waals surface area contributed by atoms with Gasteiger partial charge in [-0.25, -0.2) is 14.1 Å². The Morgan fingerprint density at radius 3 is 2.67 bits per heavy atom. The Labute approximate surface area is 173 Å². The van der Waals surface area contributed by atoms with Crippen LogP contribution in [0.3, 0.4) is 0 Å². The van der Waals surface area contributed by atoms with Gasteiger partial charge in [0.2, 0.25) is 11.9 Å². The van der Waals surface area contributed by atoms with Gasteiger partial charge in [0, 0.05) is 16.3 Å². The molecule has 7 nitrogen and oxygen atoms in total. The molecule has 1 unspecified atom stereocenters. The van der Waals surface area contributed by atoms with Gasteiger partial charge in [-0.1, -0.05) is 24.6 Å². The van der Waals surface area contributed by atoms with Gasteiger partial charge in [0.25, 0.3) is 0 Å². The lowest BCUT2D eigenvalue weighted by molar-refractivity contribution is -0.141. The number of carbonyl (C=O) groups excluding carboxylic acids is 1. The maximum absolute atomic E-state index is 13.9. The predicted octanol–water partition coefficient (Wildman–Crippen LogP) is 3.92. The van der Waals surface area contributed by atoms with Crippen molar-refractivity contribution >= 4 is 23.5 Å². The molecule has 1 aromatic carbocycles. The van der Waals surface area contributed by atoms with E-state index in [-0.39, 0.29) is 35.3 Å². The number of nitrogens with zero attached hydrogens (tertiary/aromatic N) is 5. The lowest BCUT2D eigenvalue weighted by Crippen LogP contribution is -2.26. The van der Waals surface area contributed by atoms with Crippen molar-refractivity contribution in [3.8, 4) is 0 Å². The third kappa shape index (κ3) is 4.96. The van der Waals surface area contributed by atoms with Crippen LogP contribution >= 0.6 is 11.6 Å². The summed E-state index contributed by atoms with van der Waals surface area (Å²) in [5.41, 5.74) is -0.504. The molecular weight excluding hydrogens is 428 g/mol. The summed E-state index contributed by atoms with van der Waals surface area (Å²) in [6.07, 6.45) is -3.25. The Kier molecular flexibility index (Phi) is 6.11. The Hall–Kier alpha value is -2.95. The second kappa shape index (κ2) is 8.42. The highest BCUT2D eigenvalue weighted by molar-refractivity contribution is 6.31. The smallest absolute Gasteiger partial charge is 0.293 e. The number of benzene rings is 1. The zero-order chi connectivity index (χ0) is 22.1. The molecule has 1 N–H and O–H groups in total. The minimum absolute atomic E-state index is 0.0105. The van der Waals surface area contributed by atoms with Crippen LogP contribution in [0.2, 0.25) is 5.02 Å². The molecule has 0 radical (unpaired) electrons. The van der Waals surface area contributed by atoms with Crippen LogP contribution in [0, 0.1) is 18.7 Å². The third-order valence-corrected chi connectivity index (χ3v) is 4.67.